The highest BCUT2D eigenvalue weighted by Gasteiger charge is 2.12. The van der Waals surface area contributed by atoms with Crippen molar-refractivity contribution in [1.29, 1.82) is 0 Å². The van der Waals surface area contributed by atoms with E-state index in [1.807, 2.05) is 6.92 Å². The third-order valence-corrected chi connectivity index (χ3v) is 4.41. The van der Waals surface area contributed by atoms with Crippen LogP contribution in [-0.2, 0) is 5.75 Å². The second-order valence-corrected chi connectivity index (χ2v) is 5.63. The van der Waals surface area contributed by atoms with Gasteiger partial charge in [0.15, 0.2) is 0 Å². The lowest BCUT2D eigenvalue weighted by atomic mass is 10.2. The number of thiazole rings is 1. The molecule has 0 aliphatic heterocycles. The lowest BCUT2D eigenvalue weighted by Crippen LogP contribution is -1.83. The van der Waals surface area contributed by atoms with Crippen molar-refractivity contribution in [2.45, 2.75) is 12.7 Å². The van der Waals surface area contributed by atoms with Gasteiger partial charge in [-0.15, -0.1) is 11.3 Å². The number of rotatable bonds is 2. The Hall–Kier alpha value is -0.390. The Morgan fingerprint density at radius 3 is 2.88 bits per heavy atom. The fourth-order valence-corrected chi connectivity index (χ4v) is 3.08. The minimum Gasteiger partial charge on any atom is -0.241 e. The van der Waals surface area contributed by atoms with Crippen LogP contribution in [-0.4, -0.2) is 4.98 Å². The van der Waals surface area contributed by atoms with E-state index >= 15 is 0 Å². The van der Waals surface area contributed by atoms with Crippen LogP contribution in [0.5, 0.6) is 0 Å². The van der Waals surface area contributed by atoms with Crippen LogP contribution in [0.2, 0.25) is 0 Å². The Labute approximate surface area is 111 Å². The molecule has 1 nitrogen and oxygen atoms in total. The van der Waals surface area contributed by atoms with Crippen LogP contribution in [0.1, 0.15) is 10.6 Å². The lowest BCUT2D eigenvalue weighted by Gasteiger charge is -1.99. The Morgan fingerprint density at radius 1 is 1.50 bits per heavy atom. The molecule has 0 spiro atoms. The van der Waals surface area contributed by atoms with Gasteiger partial charge in [0.2, 0.25) is 0 Å². The summed E-state index contributed by atoms with van der Waals surface area (Å²) in [7, 11) is 0. The summed E-state index contributed by atoms with van der Waals surface area (Å²) in [5.41, 5.74) is 1.46. The quantitative estimate of drug-likeness (QED) is 0.807. The monoisotopic (exact) mass is 317 g/mol. The van der Waals surface area contributed by atoms with Crippen LogP contribution in [0.15, 0.2) is 22.7 Å². The van der Waals surface area contributed by atoms with Gasteiger partial charge in [0.25, 0.3) is 0 Å². The van der Waals surface area contributed by atoms with E-state index in [1.54, 1.807) is 12.1 Å². The average Bonchev–Trinajstić information content (AvgIpc) is 2.63. The molecule has 1 aromatic carbocycles. The van der Waals surface area contributed by atoms with Crippen LogP contribution in [0.25, 0.3) is 10.6 Å². The number of thiol groups is 1. The van der Waals surface area contributed by atoms with Crippen molar-refractivity contribution in [3.8, 4) is 10.6 Å². The summed E-state index contributed by atoms with van der Waals surface area (Å²) in [5, 5.41) is 0.709. The summed E-state index contributed by atoms with van der Waals surface area (Å²) in [4.78, 5) is 5.44. The van der Waals surface area contributed by atoms with Crippen molar-refractivity contribution in [2.75, 3.05) is 0 Å². The van der Waals surface area contributed by atoms with Crippen LogP contribution in [0, 0.1) is 12.7 Å². The van der Waals surface area contributed by atoms with Crippen molar-refractivity contribution in [2.24, 2.45) is 0 Å². The fraction of sp³-hybridized carbons (Fsp3) is 0.182. The van der Waals surface area contributed by atoms with Crippen molar-refractivity contribution >= 4 is 39.9 Å². The molecule has 1 heterocycles. The van der Waals surface area contributed by atoms with Crippen molar-refractivity contribution < 1.29 is 4.39 Å². The highest BCUT2D eigenvalue weighted by atomic mass is 79.9. The Kier molecular flexibility index (Phi) is 3.66. The van der Waals surface area contributed by atoms with E-state index in [2.05, 4.69) is 33.5 Å². The number of aromatic nitrogens is 1. The summed E-state index contributed by atoms with van der Waals surface area (Å²) < 4.78 is 14.5. The normalized spacial score (nSPS) is 10.8. The molecule has 0 N–H and O–H groups in total. The first-order chi connectivity index (χ1) is 7.61. The van der Waals surface area contributed by atoms with E-state index in [1.165, 1.54) is 17.4 Å². The average molecular weight is 318 g/mol. The third kappa shape index (κ3) is 2.31. The van der Waals surface area contributed by atoms with Gasteiger partial charge in [-0.25, -0.2) is 9.37 Å². The van der Waals surface area contributed by atoms with Crippen LogP contribution in [0.4, 0.5) is 4.39 Å². The molecule has 0 unspecified atom stereocenters. The molecule has 5 heteroatoms. The van der Waals surface area contributed by atoms with E-state index in [4.69, 9.17) is 0 Å². The minimum absolute atomic E-state index is 0.248. The number of hydrogen-bond donors (Lipinski definition) is 1. The van der Waals surface area contributed by atoms with Gasteiger partial charge in [-0.3, -0.25) is 0 Å². The zero-order valence-electron chi connectivity index (χ0n) is 8.50. The molecule has 2 rings (SSSR count). The number of benzene rings is 1. The molecule has 0 aliphatic carbocycles. The molecule has 84 valence electrons. The molecule has 0 saturated carbocycles. The van der Waals surface area contributed by atoms with E-state index in [9.17, 15) is 4.39 Å². The SMILES string of the molecule is Cc1nc(-c2cc(Br)ccc2F)sc1CS. The van der Waals surface area contributed by atoms with Gasteiger partial charge < -0.3 is 0 Å². The Balaban J connectivity index is 2.53. The van der Waals surface area contributed by atoms with E-state index in [0.717, 1.165) is 15.0 Å². The van der Waals surface area contributed by atoms with Gasteiger partial charge in [-0.1, -0.05) is 15.9 Å². The number of halogens is 2. The van der Waals surface area contributed by atoms with E-state index < -0.39 is 0 Å². The molecule has 0 aliphatic rings. The molecule has 2 aromatic rings. The lowest BCUT2D eigenvalue weighted by molar-refractivity contribution is 0.631. The van der Waals surface area contributed by atoms with Crippen molar-refractivity contribution in [3.05, 3.63) is 39.1 Å². The van der Waals surface area contributed by atoms with Crippen molar-refractivity contribution in [1.82, 2.24) is 4.98 Å². The first-order valence-electron chi connectivity index (χ1n) is 4.64. The third-order valence-electron chi connectivity index (χ3n) is 2.20. The predicted molar refractivity (Wildman–Crippen MR) is 72.6 cm³/mol. The van der Waals surface area contributed by atoms with E-state index in [0.29, 0.717) is 16.3 Å². The minimum atomic E-state index is -0.248. The largest absolute Gasteiger partial charge is 0.241 e. The molecular formula is C11H9BrFNS2. The van der Waals surface area contributed by atoms with Gasteiger partial charge in [-0.05, 0) is 25.1 Å². The smallest absolute Gasteiger partial charge is 0.133 e. The summed E-state index contributed by atoms with van der Waals surface area (Å²) in [6.45, 7) is 1.92. The van der Waals surface area contributed by atoms with Crippen LogP contribution < -0.4 is 0 Å². The Morgan fingerprint density at radius 2 is 2.25 bits per heavy atom. The standard InChI is InChI=1S/C11H9BrFNS2/c1-6-10(5-15)16-11(14-6)8-4-7(12)2-3-9(8)13/h2-4,15H,5H2,1H3. The molecule has 0 bridgehead atoms. The van der Waals surface area contributed by atoms with Gasteiger partial charge in [0.1, 0.15) is 10.8 Å². The second-order valence-electron chi connectivity index (χ2n) is 3.31. The van der Waals surface area contributed by atoms with Gasteiger partial charge >= 0.3 is 0 Å². The molecule has 0 atom stereocenters. The highest BCUT2D eigenvalue weighted by molar-refractivity contribution is 9.10. The maximum Gasteiger partial charge on any atom is 0.133 e. The summed E-state index contributed by atoms with van der Waals surface area (Å²) in [6.07, 6.45) is 0. The maximum atomic E-state index is 13.6. The zero-order chi connectivity index (χ0) is 11.7. The molecule has 0 fully saturated rings. The highest BCUT2D eigenvalue weighted by Crippen LogP contribution is 2.32. The van der Waals surface area contributed by atoms with E-state index in [-0.39, 0.29) is 5.82 Å². The summed E-state index contributed by atoms with van der Waals surface area (Å²) in [6, 6.07) is 4.87. The predicted octanol–water partition coefficient (Wildman–Crippen LogP) is 4.45. The zero-order valence-corrected chi connectivity index (χ0v) is 11.8. The Bertz CT molecular complexity index is 525. The van der Waals surface area contributed by atoms with Gasteiger partial charge in [0, 0.05) is 20.7 Å². The number of aryl methyl sites for hydroxylation is 1. The number of hydrogen-bond acceptors (Lipinski definition) is 3. The molecular weight excluding hydrogens is 309 g/mol. The molecule has 0 saturated heterocycles. The first-order valence-corrected chi connectivity index (χ1v) is 6.88. The van der Waals surface area contributed by atoms with Crippen LogP contribution in [0.3, 0.4) is 0 Å². The van der Waals surface area contributed by atoms with Crippen LogP contribution >= 0.6 is 39.9 Å². The second kappa shape index (κ2) is 4.85. The topological polar surface area (TPSA) is 12.9 Å². The molecule has 0 radical (unpaired) electrons. The summed E-state index contributed by atoms with van der Waals surface area (Å²) >= 11 is 9.04. The molecule has 1 aromatic heterocycles. The fourth-order valence-electron chi connectivity index (χ4n) is 1.35. The van der Waals surface area contributed by atoms with Crippen molar-refractivity contribution in [3.63, 3.8) is 0 Å². The molecule has 16 heavy (non-hydrogen) atoms. The summed E-state index contributed by atoms with van der Waals surface area (Å²) in [5.74, 6) is 0.390. The first kappa shape index (κ1) is 12.1. The number of nitrogens with zero attached hydrogens (tertiary/aromatic N) is 1. The van der Waals surface area contributed by atoms with Gasteiger partial charge in [0.05, 0.1) is 5.69 Å². The molecule has 0 amide bonds. The van der Waals surface area contributed by atoms with Gasteiger partial charge in [-0.2, -0.15) is 12.6 Å². The maximum absolute atomic E-state index is 13.6.